The number of amides is 2. The Hall–Kier alpha value is -4.44. The molecule has 236 valence electrons. The minimum Gasteiger partial charge on any atom is -0.476 e. The summed E-state index contributed by atoms with van der Waals surface area (Å²) in [4.78, 5) is 29.8. The van der Waals surface area contributed by atoms with Crippen molar-refractivity contribution in [1.29, 1.82) is 5.26 Å². The first-order valence-corrected chi connectivity index (χ1v) is 14.4. The summed E-state index contributed by atoms with van der Waals surface area (Å²) < 4.78 is 25.0. The van der Waals surface area contributed by atoms with Crippen molar-refractivity contribution in [2.24, 2.45) is 5.41 Å². The summed E-state index contributed by atoms with van der Waals surface area (Å²) in [5.41, 5.74) is -0.216. The van der Waals surface area contributed by atoms with Crippen LogP contribution in [0.15, 0.2) is 48.3 Å². The predicted molar refractivity (Wildman–Crippen MR) is 165 cm³/mol. The molecule has 1 aromatic carbocycles. The normalized spacial score (nSPS) is 16.6. The molecule has 0 bridgehead atoms. The highest BCUT2D eigenvalue weighted by Crippen LogP contribution is 2.41. The average molecular weight is 629 g/mol. The largest absolute Gasteiger partial charge is 0.476 e. The van der Waals surface area contributed by atoms with Crippen LogP contribution in [0.25, 0.3) is 0 Å². The van der Waals surface area contributed by atoms with Crippen LogP contribution >= 0.6 is 11.6 Å². The van der Waals surface area contributed by atoms with Gasteiger partial charge in [0.25, 0.3) is 11.9 Å². The average Bonchev–Trinajstić information content (AvgIpc) is 3.48. The number of anilines is 3. The molecule has 12 nitrogen and oxygen atoms in total. The Labute approximate surface area is 261 Å². The summed E-state index contributed by atoms with van der Waals surface area (Å²) in [6.07, 6.45) is 3.97. The number of rotatable bonds is 11. The van der Waals surface area contributed by atoms with Gasteiger partial charge >= 0.3 is 6.09 Å². The van der Waals surface area contributed by atoms with E-state index in [2.05, 4.69) is 38.6 Å². The van der Waals surface area contributed by atoms with Crippen molar-refractivity contribution in [3.63, 3.8) is 0 Å². The van der Waals surface area contributed by atoms with E-state index in [1.165, 1.54) is 28.9 Å². The van der Waals surface area contributed by atoms with Gasteiger partial charge in [0, 0.05) is 19.7 Å². The van der Waals surface area contributed by atoms with Gasteiger partial charge in [0.2, 0.25) is 0 Å². The zero-order chi connectivity index (χ0) is 32.7. The zero-order valence-corrected chi connectivity index (χ0v) is 26.5. The highest BCUT2D eigenvalue weighted by molar-refractivity contribution is 6.33. The molecule has 1 aromatic heterocycles. The molecule has 2 N–H and O–H groups in total. The monoisotopic (exact) mass is 628 g/mol. The molecule has 0 saturated carbocycles. The topological polar surface area (TPSA) is 149 Å². The van der Waals surface area contributed by atoms with E-state index < -0.39 is 29.1 Å². The van der Waals surface area contributed by atoms with E-state index in [1.807, 2.05) is 6.92 Å². The Kier molecular flexibility index (Phi) is 11.1. The first-order chi connectivity index (χ1) is 20.7. The number of carbonyl (C=O) groups is 2. The predicted octanol–water partition coefficient (Wildman–Crippen LogP) is 6.24. The minimum atomic E-state index is -1.08. The highest BCUT2D eigenvalue weighted by Gasteiger charge is 2.39. The van der Waals surface area contributed by atoms with E-state index >= 15 is 0 Å². The van der Waals surface area contributed by atoms with Gasteiger partial charge in [-0.25, -0.2) is 9.18 Å². The summed E-state index contributed by atoms with van der Waals surface area (Å²) in [7, 11) is 1.61. The summed E-state index contributed by atoms with van der Waals surface area (Å²) in [5.74, 6) is -0.393. The summed E-state index contributed by atoms with van der Waals surface area (Å²) in [5, 5.41) is 26.8. The number of hydrogen-bond acceptors (Lipinski definition) is 9. The van der Waals surface area contributed by atoms with E-state index in [9.17, 15) is 19.2 Å². The fraction of sp³-hybridized carbons (Fsp3) is 0.467. The van der Waals surface area contributed by atoms with Gasteiger partial charge in [0.15, 0.2) is 6.10 Å². The fourth-order valence-electron chi connectivity index (χ4n) is 4.47. The number of aromatic amines is 1. The maximum absolute atomic E-state index is 13.7. The Balaban J connectivity index is 1.86. The number of benzene rings is 1. The van der Waals surface area contributed by atoms with Crippen LogP contribution < -0.4 is 15.0 Å². The molecule has 0 aliphatic carbocycles. The molecule has 3 rings (SSSR count). The van der Waals surface area contributed by atoms with Crippen molar-refractivity contribution in [3.05, 3.63) is 53.4 Å². The van der Waals surface area contributed by atoms with Gasteiger partial charge in [-0.05, 0) is 69.9 Å². The molecule has 2 heterocycles. The number of allylic oxidation sites excluding steroid dienone is 5. The molecule has 2 amide bonds. The van der Waals surface area contributed by atoms with Gasteiger partial charge < -0.3 is 19.7 Å². The molecule has 2 aromatic rings. The number of halogens is 2. The van der Waals surface area contributed by atoms with Gasteiger partial charge in [0.1, 0.15) is 11.4 Å². The number of ether oxygens (including phenoxy) is 2. The lowest BCUT2D eigenvalue weighted by molar-refractivity contribution is -0.137. The van der Waals surface area contributed by atoms with Crippen LogP contribution in [0.1, 0.15) is 53.9 Å². The lowest BCUT2D eigenvalue weighted by Gasteiger charge is -2.37. The van der Waals surface area contributed by atoms with Crippen LogP contribution in [-0.2, 0) is 9.53 Å². The van der Waals surface area contributed by atoms with Crippen molar-refractivity contribution < 1.29 is 23.5 Å². The molecule has 0 saturated heterocycles. The quantitative estimate of drug-likeness (QED) is 0.276. The SMILES string of the molecule is C=CC(=CC=C(C)F)CC(C#N)(CC)CCN(C)C(=O)C1CN(C(=O)OC(C)(C)C)c2cc(Cl)c(Nc3nn[nH]n3)cc2O1. The van der Waals surface area contributed by atoms with Gasteiger partial charge in [-0.1, -0.05) is 42.4 Å². The van der Waals surface area contributed by atoms with Crippen molar-refractivity contribution in [2.45, 2.75) is 65.6 Å². The molecule has 2 atom stereocenters. The Bertz CT molecular complexity index is 1460. The third-order valence-electron chi connectivity index (χ3n) is 6.99. The van der Waals surface area contributed by atoms with E-state index in [4.69, 9.17) is 21.1 Å². The second-order valence-corrected chi connectivity index (χ2v) is 11.9. The molecular weight excluding hydrogens is 591 g/mol. The molecule has 1 aliphatic rings. The molecule has 2 unspecified atom stereocenters. The summed E-state index contributed by atoms with van der Waals surface area (Å²) in [6.45, 7) is 12.3. The smallest absolute Gasteiger partial charge is 0.415 e. The number of aromatic nitrogens is 4. The number of nitrogens with zero attached hydrogens (tertiary/aromatic N) is 6. The van der Waals surface area contributed by atoms with Crippen LogP contribution in [0.5, 0.6) is 5.75 Å². The number of nitrogens with one attached hydrogen (secondary N) is 2. The summed E-state index contributed by atoms with van der Waals surface area (Å²) in [6, 6.07) is 5.47. The third kappa shape index (κ3) is 8.79. The van der Waals surface area contributed by atoms with Gasteiger partial charge in [-0.3, -0.25) is 9.69 Å². The van der Waals surface area contributed by atoms with Crippen LogP contribution in [0, 0.1) is 16.7 Å². The lowest BCUT2D eigenvalue weighted by atomic mass is 9.77. The Morgan fingerprint density at radius 2 is 2.11 bits per heavy atom. The lowest BCUT2D eigenvalue weighted by Crippen LogP contribution is -2.52. The number of hydrogen-bond donors (Lipinski definition) is 2. The van der Waals surface area contributed by atoms with Crippen LogP contribution in [-0.4, -0.2) is 69.4 Å². The number of fused-ring (bicyclic) bond motifs is 1. The number of tetrazole rings is 1. The standard InChI is InChI=1S/C30H38ClFN8O4/c1-8-20(11-10-19(3)32)16-30(9-2,18-33)12-13-39(7)26(41)25-17-40(28(42)44-29(4,5)6)23-14-21(31)22(15-24(23)43-25)34-27-35-37-38-36-27/h8,10-11,14-15,25H,1,9,12-13,16-17H2,2-7H3,(H2,34,35,36,37,38). The number of H-pyrrole nitrogens is 1. The van der Waals surface area contributed by atoms with E-state index in [1.54, 1.807) is 46.0 Å². The Morgan fingerprint density at radius 3 is 2.68 bits per heavy atom. The molecule has 14 heteroatoms. The molecule has 1 aliphatic heterocycles. The second kappa shape index (κ2) is 14.4. The maximum Gasteiger partial charge on any atom is 0.415 e. The van der Waals surface area contributed by atoms with Crippen molar-refractivity contribution in [2.75, 3.05) is 30.4 Å². The number of likely N-dealkylation sites (N-methyl/N-ethyl adjacent to an activating group) is 1. The van der Waals surface area contributed by atoms with Crippen LogP contribution in [0.3, 0.4) is 0 Å². The van der Waals surface area contributed by atoms with E-state index in [-0.39, 0.29) is 35.6 Å². The maximum atomic E-state index is 13.7. The first-order valence-electron chi connectivity index (χ1n) is 14.0. The molecule has 44 heavy (non-hydrogen) atoms. The minimum absolute atomic E-state index is 0.130. The van der Waals surface area contributed by atoms with Crippen molar-refractivity contribution in [3.8, 4) is 11.8 Å². The van der Waals surface area contributed by atoms with Gasteiger partial charge in [-0.15, -0.1) is 5.10 Å². The third-order valence-corrected chi connectivity index (χ3v) is 7.30. The number of nitriles is 1. The summed E-state index contributed by atoms with van der Waals surface area (Å²) >= 11 is 6.51. The molecular formula is C30H38ClFN8O4. The Morgan fingerprint density at radius 1 is 1.39 bits per heavy atom. The molecule has 0 radical (unpaired) electrons. The van der Waals surface area contributed by atoms with Gasteiger partial charge in [0.05, 0.1) is 40.3 Å². The van der Waals surface area contributed by atoms with Crippen LogP contribution in [0.4, 0.5) is 26.5 Å². The first kappa shape index (κ1) is 34.1. The number of carbonyl (C=O) groups excluding carboxylic acids is 2. The zero-order valence-electron chi connectivity index (χ0n) is 25.8. The van der Waals surface area contributed by atoms with Gasteiger partial charge in [-0.2, -0.15) is 10.5 Å². The fourth-order valence-corrected chi connectivity index (χ4v) is 4.67. The molecule has 0 spiro atoms. The molecule has 0 fully saturated rings. The van der Waals surface area contributed by atoms with Crippen LogP contribution in [0.2, 0.25) is 5.02 Å². The van der Waals surface area contributed by atoms with Crippen molar-refractivity contribution >= 4 is 40.9 Å². The second-order valence-electron chi connectivity index (χ2n) is 11.5. The highest BCUT2D eigenvalue weighted by atomic mass is 35.5. The van der Waals surface area contributed by atoms with E-state index in [0.29, 0.717) is 36.2 Å². The van der Waals surface area contributed by atoms with E-state index in [0.717, 1.165) is 0 Å². The van der Waals surface area contributed by atoms with Crippen molar-refractivity contribution in [1.82, 2.24) is 25.5 Å².